The second-order valence-corrected chi connectivity index (χ2v) is 5.34. The van der Waals surface area contributed by atoms with Crippen LogP contribution < -0.4 is 10.1 Å². The molecule has 18 heavy (non-hydrogen) atoms. The van der Waals surface area contributed by atoms with E-state index >= 15 is 0 Å². The quantitative estimate of drug-likeness (QED) is 0.884. The maximum Gasteiger partial charge on any atom is 0.123 e. The van der Waals surface area contributed by atoms with Crippen LogP contribution in [0.1, 0.15) is 26.3 Å². The molecule has 3 nitrogen and oxygen atoms in total. The van der Waals surface area contributed by atoms with Gasteiger partial charge in [-0.05, 0) is 13.0 Å². The minimum atomic E-state index is 0.530. The van der Waals surface area contributed by atoms with Gasteiger partial charge in [0.1, 0.15) is 12.4 Å². The van der Waals surface area contributed by atoms with Crippen molar-refractivity contribution in [3.63, 3.8) is 0 Å². The van der Waals surface area contributed by atoms with Gasteiger partial charge in [0, 0.05) is 37.3 Å². The second-order valence-electron chi connectivity index (χ2n) is 5.34. The van der Waals surface area contributed by atoms with Crippen LogP contribution >= 0.6 is 0 Å². The smallest absolute Gasteiger partial charge is 0.123 e. The summed E-state index contributed by atoms with van der Waals surface area (Å²) in [6, 6.07) is 9.43. The number of benzene rings is 1. The summed E-state index contributed by atoms with van der Waals surface area (Å²) >= 11 is 0. The Morgan fingerprint density at radius 3 is 2.83 bits per heavy atom. The van der Waals surface area contributed by atoms with Gasteiger partial charge < -0.3 is 10.1 Å². The zero-order chi connectivity index (χ0) is 13.0. The summed E-state index contributed by atoms with van der Waals surface area (Å²) in [6.07, 6.45) is 0. The lowest BCUT2D eigenvalue weighted by atomic mass is 10.1. The third-order valence-electron chi connectivity index (χ3n) is 3.43. The van der Waals surface area contributed by atoms with Gasteiger partial charge in [0.25, 0.3) is 0 Å². The lowest BCUT2D eigenvalue weighted by Crippen LogP contribution is -2.42. The van der Waals surface area contributed by atoms with Crippen molar-refractivity contribution in [1.82, 2.24) is 10.2 Å². The Morgan fingerprint density at radius 2 is 2.06 bits per heavy atom. The number of hydrogen-bond acceptors (Lipinski definition) is 3. The molecule has 0 aliphatic carbocycles. The molecule has 1 heterocycles. The van der Waals surface area contributed by atoms with Gasteiger partial charge in [0.15, 0.2) is 0 Å². The molecule has 1 aliphatic rings. The van der Waals surface area contributed by atoms with E-state index in [1.165, 1.54) is 5.56 Å². The van der Waals surface area contributed by atoms with E-state index in [2.05, 4.69) is 49.2 Å². The third kappa shape index (κ3) is 3.47. The summed E-state index contributed by atoms with van der Waals surface area (Å²) in [6.45, 7) is 10.4. The molecular formula is C15H24N2O. The number of nitrogens with zero attached hydrogens (tertiary/aromatic N) is 1. The van der Waals surface area contributed by atoms with Crippen LogP contribution in [0, 0.1) is 0 Å². The van der Waals surface area contributed by atoms with E-state index in [0.717, 1.165) is 32.0 Å². The maximum atomic E-state index is 5.79. The highest BCUT2D eigenvalue weighted by Gasteiger charge is 2.19. The maximum absolute atomic E-state index is 5.79. The van der Waals surface area contributed by atoms with Gasteiger partial charge in [0.2, 0.25) is 0 Å². The molecule has 1 aromatic carbocycles. The highest BCUT2D eigenvalue weighted by molar-refractivity contribution is 5.33. The zero-order valence-electron chi connectivity index (χ0n) is 11.6. The number of hydrogen-bond donors (Lipinski definition) is 1. The van der Waals surface area contributed by atoms with Crippen LogP contribution in [-0.2, 0) is 6.54 Å². The summed E-state index contributed by atoms with van der Waals surface area (Å²) in [4.78, 5) is 2.49. The van der Waals surface area contributed by atoms with Crippen molar-refractivity contribution in [2.24, 2.45) is 0 Å². The first-order valence-electron chi connectivity index (χ1n) is 6.85. The molecule has 0 saturated carbocycles. The van der Waals surface area contributed by atoms with Crippen molar-refractivity contribution in [3.05, 3.63) is 29.8 Å². The van der Waals surface area contributed by atoms with E-state index in [1.807, 2.05) is 6.07 Å². The standard InChI is InChI=1S/C15H24N2O/c1-12(2)16-10-13(3)17-8-9-18-15-7-5-4-6-14(15)11-17/h4-7,12-13,16H,8-11H2,1-3H3. The molecule has 0 bridgehead atoms. The van der Waals surface area contributed by atoms with E-state index in [0.29, 0.717) is 12.1 Å². The number of nitrogens with one attached hydrogen (secondary N) is 1. The van der Waals surface area contributed by atoms with Gasteiger partial charge in [-0.25, -0.2) is 0 Å². The third-order valence-corrected chi connectivity index (χ3v) is 3.43. The van der Waals surface area contributed by atoms with Crippen LogP contribution in [0.3, 0.4) is 0 Å². The number of para-hydroxylation sites is 1. The molecule has 1 unspecified atom stereocenters. The Balaban J connectivity index is 1.98. The Kier molecular flexibility index (Phi) is 4.61. The molecule has 0 aromatic heterocycles. The number of rotatable bonds is 4. The van der Waals surface area contributed by atoms with E-state index in [9.17, 15) is 0 Å². The zero-order valence-corrected chi connectivity index (χ0v) is 11.6. The Hall–Kier alpha value is -1.06. The first kappa shape index (κ1) is 13.4. The van der Waals surface area contributed by atoms with E-state index < -0.39 is 0 Å². The number of ether oxygens (including phenoxy) is 1. The fraction of sp³-hybridized carbons (Fsp3) is 0.600. The predicted octanol–water partition coefficient (Wildman–Crippen LogP) is 2.27. The van der Waals surface area contributed by atoms with E-state index in [1.54, 1.807) is 0 Å². The minimum absolute atomic E-state index is 0.530. The fourth-order valence-electron chi connectivity index (χ4n) is 2.26. The molecular weight excluding hydrogens is 224 g/mol. The summed E-state index contributed by atoms with van der Waals surface area (Å²) < 4.78 is 5.79. The average Bonchev–Trinajstić information content (AvgIpc) is 2.57. The first-order chi connectivity index (χ1) is 8.66. The summed E-state index contributed by atoms with van der Waals surface area (Å²) in [5.41, 5.74) is 1.30. The lowest BCUT2D eigenvalue weighted by Gasteiger charge is -2.28. The highest BCUT2D eigenvalue weighted by atomic mass is 16.5. The van der Waals surface area contributed by atoms with Crippen molar-refractivity contribution in [3.8, 4) is 5.75 Å². The number of fused-ring (bicyclic) bond motifs is 1. The topological polar surface area (TPSA) is 24.5 Å². The summed E-state index contributed by atoms with van der Waals surface area (Å²) in [7, 11) is 0. The van der Waals surface area contributed by atoms with Gasteiger partial charge in [-0.3, -0.25) is 4.90 Å². The first-order valence-corrected chi connectivity index (χ1v) is 6.85. The predicted molar refractivity (Wildman–Crippen MR) is 74.9 cm³/mol. The van der Waals surface area contributed by atoms with Crippen LogP contribution in [0.25, 0.3) is 0 Å². The molecule has 2 rings (SSSR count). The lowest BCUT2D eigenvalue weighted by molar-refractivity contribution is 0.174. The van der Waals surface area contributed by atoms with Crippen molar-refractivity contribution in [1.29, 1.82) is 0 Å². The van der Waals surface area contributed by atoms with Crippen LogP contribution in [0.15, 0.2) is 24.3 Å². The Morgan fingerprint density at radius 1 is 1.28 bits per heavy atom. The van der Waals surface area contributed by atoms with E-state index in [-0.39, 0.29) is 0 Å². The molecule has 1 atom stereocenters. The van der Waals surface area contributed by atoms with Crippen molar-refractivity contribution >= 4 is 0 Å². The van der Waals surface area contributed by atoms with Crippen molar-refractivity contribution < 1.29 is 4.74 Å². The van der Waals surface area contributed by atoms with Gasteiger partial charge in [-0.15, -0.1) is 0 Å². The monoisotopic (exact) mass is 248 g/mol. The van der Waals surface area contributed by atoms with Crippen molar-refractivity contribution in [2.75, 3.05) is 19.7 Å². The molecule has 0 radical (unpaired) electrons. The molecule has 0 amide bonds. The van der Waals surface area contributed by atoms with Crippen LogP contribution in [-0.4, -0.2) is 36.7 Å². The summed E-state index contributed by atoms with van der Waals surface area (Å²) in [5.74, 6) is 1.05. The molecule has 1 aliphatic heterocycles. The normalized spacial score (nSPS) is 18.0. The second kappa shape index (κ2) is 6.21. The molecule has 1 N–H and O–H groups in total. The summed E-state index contributed by atoms with van der Waals surface area (Å²) in [5, 5.41) is 3.50. The van der Waals surface area contributed by atoms with Crippen LogP contribution in [0.2, 0.25) is 0 Å². The molecule has 1 aromatic rings. The SMILES string of the molecule is CC(C)NCC(C)N1CCOc2ccccc2C1. The van der Waals surface area contributed by atoms with Gasteiger partial charge in [-0.1, -0.05) is 32.0 Å². The van der Waals surface area contributed by atoms with Crippen LogP contribution in [0.5, 0.6) is 5.75 Å². The van der Waals surface area contributed by atoms with Crippen molar-refractivity contribution in [2.45, 2.75) is 39.4 Å². The van der Waals surface area contributed by atoms with Crippen LogP contribution in [0.4, 0.5) is 0 Å². The molecule has 3 heteroatoms. The van der Waals surface area contributed by atoms with Gasteiger partial charge >= 0.3 is 0 Å². The molecule has 0 saturated heterocycles. The fourth-order valence-corrected chi connectivity index (χ4v) is 2.26. The highest BCUT2D eigenvalue weighted by Crippen LogP contribution is 2.23. The Labute approximate surface area is 110 Å². The average molecular weight is 248 g/mol. The largest absolute Gasteiger partial charge is 0.492 e. The minimum Gasteiger partial charge on any atom is -0.492 e. The van der Waals surface area contributed by atoms with E-state index in [4.69, 9.17) is 4.74 Å². The Bertz CT molecular complexity index is 379. The van der Waals surface area contributed by atoms with Gasteiger partial charge in [0.05, 0.1) is 0 Å². The molecule has 0 spiro atoms. The van der Waals surface area contributed by atoms with Gasteiger partial charge in [-0.2, -0.15) is 0 Å². The molecule has 0 fully saturated rings. The molecule has 100 valence electrons.